The zero-order chi connectivity index (χ0) is 13.5. The Morgan fingerprint density at radius 2 is 1.72 bits per heavy atom. The van der Waals surface area contributed by atoms with Gasteiger partial charge < -0.3 is 9.80 Å². The van der Waals surface area contributed by atoms with Gasteiger partial charge in [-0.3, -0.25) is 4.79 Å². The van der Waals surface area contributed by atoms with Gasteiger partial charge in [-0.2, -0.15) is 0 Å². The largest absolute Gasteiger partial charge is 0.312 e. The third-order valence-electron chi connectivity index (χ3n) is 2.87. The van der Waals surface area contributed by atoms with E-state index < -0.39 is 0 Å². The number of amides is 1. The third-order valence-corrected chi connectivity index (χ3v) is 2.87. The summed E-state index contributed by atoms with van der Waals surface area (Å²) in [7, 11) is 3.98. The van der Waals surface area contributed by atoms with E-state index in [-0.39, 0.29) is 5.91 Å². The number of carbonyl (C=O) groups excluding carboxylic acids is 1. The maximum absolute atomic E-state index is 12.2. The van der Waals surface area contributed by atoms with Crippen molar-refractivity contribution in [2.24, 2.45) is 0 Å². The average Bonchev–Trinajstić information content (AvgIpc) is 2.34. The summed E-state index contributed by atoms with van der Waals surface area (Å²) >= 11 is 0. The number of hydrogen-bond donors (Lipinski definition) is 0. The monoisotopic (exact) mass is 248 g/mol. The van der Waals surface area contributed by atoms with E-state index >= 15 is 0 Å². The van der Waals surface area contributed by atoms with Gasteiger partial charge in [-0.1, -0.05) is 24.6 Å². The van der Waals surface area contributed by atoms with Crippen LogP contribution in [0.2, 0.25) is 0 Å². The predicted molar refractivity (Wildman–Crippen MR) is 77.0 cm³/mol. The average molecular weight is 248 g/mol. The normalized spacial score (nSPS) is 10.7. The van der Waals surface area contributed by atoms with E-state index in [4.69, 9.17) is 0 Å². The molecule has 1 amide bonds. The van der Waals surface area contributed by atoms with Crippen LogP contribution in [0.15, 0.2) is 24.3 Å². The van der Waals surface area contributed by atoms with Crippen LogP contribution in [0, 0.1) is 6.92 Å². The molecular weight excluding hydrogens is 224 g/mol. The Hall–Kier alpha value is -1.35. The van der Waals surface area contributed by atoms with Gasteiger partial charge in [0, 0.05) is 25.2 Å². The molecule has 0 fully saturated rings. The Kier molecular flexibility index (Phi) is 5.86. The summed E-state index contributed by atoms with van der Waals surface area (Å²) in [6.45, 7) is 5.74. The molecule has 0 aliphatic carbocycles. The fourth-order valence-electron chi connectivity index (χ4n) is 1.80. The quantitative estimate of drug-likeness (QED) is 0.773. The van der Waals surface area contributed by atoms with Crippen LogP contribution in [0.4, 0.5) is 5.69 Å². The van der Waals surface area contributed by atoms with Crippen molar-refractivity contribution in [2.45, 2.75) is 26.7 Å². The van der Waals surface area contributed by atoms with E-state index in [0.717, 1.165) is 25.2 Å². The number of hydrogen-bond acceptors (Lipinski definition) is 2. The number of anilines is 1. The van der Waals surface area contributed by atoms with Gasteiger partial charge in [-0.05, 0) is 39.6 Å². The lowest BCUT2D eigenvalue weighted by atomic mass is 10.2. The lowest BCUT2D eigenvalue weighted by Gasteiger charge is -2.23. The third kappa shape index (κ3) is 4.49. The molecule has 0 saturated carbocycles. The Morgan fingerprint density at radius 3 is 2.22 bits per heavy atom. The summed E-state index contributed by atoms with van der Waals surface area (Å²) in [5, 5.41) is 0. The van der Waals surface area contributed by atoms with Crippen LogP contribution in [0.25, 0.3) is 0 Å². The second-order valence-electron chi connectivity index (χ2n) is 4.93. The molecule has 0 bridgehead atoms. The topological polar surface area (TPSA) is 23.6 Å². The van der Waals surface area contributed by atoms with Crippen molar-refractivity contribution in [3.63, 3.8) is 0 Å². The standard InChI is InChI=1S/C15H24N2O/c1-5-11-17(15(18)10-12-16(3)4)14-8-6-13(2)7-9-14/h6-9H,5,10-12H2,1-4H3. The molecule has 0 aliphatic rings. The molecule has 0 aliphatic heterocycles. The number of carbonyl (C=O) groups is 1. The van der Waals surface area contributed by atoms with E-state index in [0.29, 0.717) is 6.42 Å². The molecule has 0 heterocycles. The Morgan fingerprint density at radius 1 is 1.11 bits per heavy atom. The molecule has 3 nitrogen and oxygen atoms in total. The van der Waals surface area contributed by atoms with Gasteiger partial charge in [0.05, 0.1) is 0 Å². The first kappa shape index (κ1) is 14.7. The number of rotatable bonds is 6. The predicted octanol–water partition coefficient (Wildman–Crippen LogP) is 2.69. The Bertz CT molecular complexity index is 371. The van der Waals surface area contributed by atoms with Gasteiger partial charge in [0.15, 0.2) is 0 Å². The second-order valence-corrected chi connectivity index (χ2v) is 4.93. The smallest absolute Gasteiger partial charge is 0.228 e. The van der Waals surface area contributed by atoms with Gasteiger partial charge in [0.1, 0.15) is 0 Å². The van der Waals surface area contributed by atoms with E-state index in [1.165, 1.54) is 5.56 Å². The van der Waals surface area contributed by atoms with Crippen LogP contribution in [0.5, 0.6) is 0 Å². The lowest BCUT2D eigenvalue weighted by Crippen LogP contribution is -2.33. The molecule has 1 aromatic carbocycles. The summed E-state index contributed by atoms with van der Waals surface area (Å²) in [5.74, 6) is 0.203. The maximum atomic E-state index is 12.2. The highest BCUT2D eigenvalue weighted by Crippen LogP contribution is 2.16. The SMILES string of the molecule is CCCN(C(=O)CCN(C)C)c1ccc(C)cc1. The van der Waals surface area contributed by atoms with Gasteiger partial charge in [0.25, 0.3) is 0 Å². The zero-order valence-electron chi connectivity index (χ0n) is 11.9. The van der Waals surface area contributed by atoms with Crippen molar-refractivity contribution in [3.8, 4) is 0 Å². The molecule has 0 aromatic heterocycles. The van der Waals surface area contributed by atoms with Gasteiger partial charge in [-0.15, -0.1) is 0 Å². The summed E-state index contributed by atoms with van der Waals surface area (Å²) in [6.07, 6.45) is 1.54. The highest BCUT2D eigenvalue weighted by molar-refractivity contribution is 5.93. The van der Waals surface area contributed by atoms with Crippen molar-refractivity contribution in [1.82, 2.24) is 4.90 Å². The Balaban J connectivity index is 2.75. The first-order chi connectivity index (χ1) is 8.54. The van der Waals surface area contributed by atoms with E-state index in [2.05, 4.69) is 26.0 Å². The van der Waals surface area contributed by atoms with Gasteiger partial charge >= 0.3 is 0 Å². The number of nitrogens with zero attached hydrogens (tertiary/aromatic N) is 2. The molecule has 0 radical (unpaired) electrons. The van der Waals surface area contributed by atoms with Crippen molar-refractivity contribution in [2.75, 3.05) is 32.1 Å². The lowest BCUT2D eigenvalue weighted by molar-refractivity contribution is -0.118. The molecule has 18 heavy (non-hydrogen) atoms. The fraction of sp³-hybridized carbons (Fsp3) is 0.533. The Labute approximate surface area is 110 Å². The van der Waals surface area contributed by atoms with Gasteiger partial charge in [-0.25, -0.2) is 0 Å². The maximum Gasteiger partial charge on any atom is 0.228 e. The van der Waals surface area contributed by atoms with Crippen LogP contribution >= 0.6 is 0 Å². The van der Waals surface area contributed by atoms with Crippen LogP contribution in [-0.4, -0.2) is 38.0 Å². The minimum Gasteiger partial charge on any atom is -0.312 e. The van der Waals surface area contributed by atoms with E-state index in [1.54, 1.807) is 0 Å². The second kappa shape index (κ2) is 7.17. The molecule has 0 N–H and O–H groups in total. The minimum absolute atomic E-state index is 0.203. The molecule has 1 rings (SSSR count). The van der Waals surface area contributed by atoms with Crippen molar-refractivity contribution in [3.05, 3.63) is 29.8 Å². The van der Waals surface area contributed by atoms with Crippen LogP contribution < -0.4 is 4.90 Å². The van der Waals surface area contributed by atoms with Crippen molar-refractivity contribution in [1.29, 1.82) is 0 Å². The van der Waals surface area contributed by atoms with Gasteiger partial charge in [0.2, 0.25) is 5.91 Å². The van der Waals surface area contributed by atoms with E-state index in [1.807, 2.05) is 36.0 Å². The van der Waals surface area contributed by atoms with Crippen LogP contribution in [-0.2, 0) is 4.79 Å². The molecule has 100 valence electrons. The van der Waals surface area contributed by atoms with E-state index in [9.17, 15) is 4.79 Å². The number of aryl methyl sites for hydroxylation is 1. The molecule has 3 heteroatoms. The minimum atomic E-state index is 0.203. The summed E-state index contributed by atoms with van der Waals surface area (Å²) < 4.78 is 0. The summed E-state index contributed by atoms with van der Waals surface area (Å²) in [6, 6.07) is 8.16. The molecule has 1 aromatic rings. The molecule has 0 saturated heterocycles. The van der Waals surface area contributed by atoms with Crippen molar-refractivity contribution >= 4 is 11.6 Å². The first-order valence-corrected chi connectivity index (χ1v) is 6.56. The molecular formula is C15H24N2O. The summed E-state index contributed by atoms with van der Waals surface area (Å²) in [4.78, 5) is 16.2. The fourth-order valence-corrected chi connectivity index (χ4v) is 1.80. The zero-order valence-corrected chi connectivity index (χ0v) is 11.9. The van der Waals surface area contributed by atoms with Crippen LogP contribution in [0.3, 0.4) is 0 Å². The highest BCUT2D eigenvalue weighted by atomic mass is 16.2. The molecule has 0 spiro atoms. The van der Waals surface area contributed by atoms with Crippen molar-refractivity contribution < 1.29 is 4.79 Å². The highest BCUT2D eigenvalue weighted by Gasteiger charge is 2.14. The molecule has 0 atom stereocenters. The number of benzene rings is 1. The summed E-state index contributed by atoms with van der Waals surface area (Å²) in [5.41, 5.74) is 2.22. The van der Waals surface area contributed by atoms with Crippen LogP contribution in [0.1, 0.15) is 25.3 Å². The molecule has 0 unspecified atom stereocenters. The first-order valence-electron chi connectivity index (χ1n) is 6.56.